The number of aryl methyl sites for hydroxylation is 1. The highest BCUT2D eigenvalue weighted by Gasteiger charge is 2.29. The van der Waals surface area contributed by atoms with Gasteiger partial charge in [0.2, 0.25) is 0 Å². The van der Waals surface area contributed by atoms with E-state index >= 15 is 0 Å². The van der Waals surface area contributed by atoms with Gasteiger partial charge in [0.25, 0.3) is 5.91 Å². The number of hydrogen-bond donors (Lipinski definition) is 0. The lowest BCUT2D eigenvalue weighted by Crippen LogP contribution is -2.48. The summed E-state index contributed by atoms with van der Waals surface area (Å²) in [5.41, 5.74) is 3.41. The summed E-state index contributed by atoms with van der Waals surface area (Å²) in [6.07, 6.45) is 6.24. The van der Waals surface area contributed by atoms with E-state index in [1.807, 2.05) is 11.8 Å². The van der Waals surface area contributed by atoms with Crippen LogP contribution < -0.4 is 0 Å². The molecule has 0 saturated carbocycles. The summed E-state index contributed by atoms with van der Waals surface area (Å²) in [5, 5.41) is 0.944. The van der Waals surface area contributed by atoms with Gasteiger partial charge in [-0.2, -0.15) is 0 Å². The fraction of sp³-hybridized carbons (Fsp3) is 0.600. The van der Waals surface area contributed by atoms with Crippen molar-refractivity contribution in [3.8, 4) is 10.6 Å². The summed E-state index contributed by atoms with van der Waals surface area (Å²) in [7, 11) is 0. The van der Waals surface area contributed by atoms with Crippen LogP contribution in [0.1, 0.15) is 73.8 Å². The molecule has 2 aromatic rings. The van der Waals surface area contributed by atoms with Crippen molar-refractivity contribution in [2.75, 3.05) is 26.2 Å². The molecule has 4 nitrogen and oxygen atoms in total. The van der Waals surface area contributed by atoms with Crippen LogP contribution in [0.25, 0.3) is 10.6 Å². The number of carbonyl (C=O) groups excluding carboxylic acids is 1. The Bertz CT molecular complexity index is 867. The third-order valence-electron chi connectivity index (χ3n) is 6.65. The summed E-state index contributed by atoms with van der Waals surface area (Å²) in [5.74, 6) is 0.166. The van der Waals surface area contributed by atoms with Gasteiger partial charge in [-0.1, -0.05) is 51.5 Å². The van der Waals surface area contributed by atoms with Gasteiger partial charge in [0.05, 0.1) is 5.69 Å². The minimum absolute atomic E-state index is 0.138. The van der Waals surface area contributed by atoms with Crippen LogP contribution in [0.2, 0.25) is 0 Å². The van der Waals surface area contributed by atoms with Gasteiger partial charge in [-0.15, -0.1) is 11.3 Å². The fourth-order valence-electron chi connectivity index (χ4n) is 4.69. The number of piperidine rings is 2. The highest BCUT2D eigenvalue weighted by molar-refractivity contribution is 7.17. The summed E-state index contributed by atoms with van der Waals surface area (Å²) < 4.78 is 0. The molecule has 0 unspecified atom stereocenters. The zero-order chi connectivity index (χ0) is 21.3. The number of nitrogens with zero attached hydrogens (tertiary/aromatic N) is 3. The van der Waals surface area contributed by atoms with E-state index in [4.69, 9.17) is 4.98 Å². The van der Waals surface area contributed by atoms with Gasteiger partial charge < -0.3 is 9.80 Å². The molecule has 0 radical (unpaired) electrons. The largest absolute Gasteiger partial charge is 0.338 e. The summed E-state index contributed by atoms with van der Waals surface area (Å²) in [4.78, 5) is 23.5. The number of rotatable bonds is 3. The minimum Gasteiger partial charge on any atom is -0.338 e. The van der Waals surface area contributed by atoms with Gasteiger partial charge in [-0.05, 0) is 56.7 Å². The van der Waals surface area contributed by atoms with Crippen LogP contribution >= 0.6 is 11.3 Å². The number of carbonyl (C=O) groups is 1. The van der Waals surface area contributed by atoms with Crippen molar-refractivity contribution in [3.05, 3.63) is 40.4 Å². The van der Waals surface area contributed by atoms with E-state index in [9.17, 15) is 4.79 Å². The summed E-state index contributed by atoms with van der Waals surface area (Å²) >= 11 is 1.54. The van der Waals surface area contributed by atoms with Crippen molar-refractivity contribution < 1.29 is 4.79 Å². The Kier molecular flexibility index (Phi) is 6.31. The quantitative estimate of drug-likeness (QED) is 0.651. The Hall–Kier alpha value is -1.72. The maximum Gasteiger partial charge on any atom is 0.265 e. The van der Waals surface area contributed by atoms with Crippen molar-refractivity contribution >= 4 is 17.2 Å². The number of likely N-dealkylation sites (tertiary alicyclic amines) is 2. The SMILES string of the molecule is Cc1nc(-c2ccc(C(C)(C)C)cc2)sc1C(=O)N1CCC(N2CCCCC2)CC1. The predicted molar refractivity (Wildman–Crippen MR) is 125 cm³/mol. The Labute approximate surface area is 185 Å². The fourth-order valence-corrected chi connectivity index (χ4v) is 5.73. The molecular weight excluding hydrogens is 390 g/mol. The summed E-state index contributed by atoms with van der Waals surface area (Å²) in [6, 6.07) is 9.29. The zero-order valence-electron chi connectivity index (χ0n) is 18.9. The van der Waals surface area contributed by atoms with E-state index in [1.54, 1.807) is 11.3 Å². The second kappa shape index (κ2) is 8.80. The normalized spacial score (nSPS) is 19.3. The third kappa shape index (κ3) is 4.62. The average Bonchev–Trinajstić information content (AvgIpc) is 3.15. The molecule has 162 valence electrons. The average molecular weight is 426 g/mol. The lowest BCUT2D eigenvalue weighted by atomic mass is 9.87. The highest BCUT2D eigenvalue weighted by Crippen LogP contribution is 2.32. The van der Waals surface area contributed by atoms with Crippen LogP contribution in [0.4, 0.5) is 0 Å². The predicted octanol–water partition coefficient (Wildman–Crippen LogP) is 5.51. The van der Waals surface area contributed by atoms with E-state index < -0.39 is 0 Å². The lowest BCUT2D eigenvalue weighted by Gasteiger charge is -2.40. The second-order valence-corrected chi connectivity index (χ2v) is 10.9. The molecule has 1 aromatic heterocycles. The standard InChI is InChI=1S/C25H35N3OS/c1-18-22(30-23(26-18)19-8-10-20(11-9-19)25(2,3)4)24(29)28-16-12-21(13-17-28)27-14-6-5-7-15-27/h8-11,21H,5-7,12-17H2,1-4H3. The van der Waals surface area contributed by atoms with Crippen LogP contribution in [0, 0.1) is 6.92 Å². The Morgan fingerprint density at radius 3 is 2.23 bits per heavy atom. The van der Waals surface area contributed by atoms with Gasteiger partial charge in [0.15, 0.2) is 0 Å². The molecule has 4 rings (SSSR count). The number of hydrogen-bond acceptors (Lipinski definition) is 4. The van der Waals surface area contributed by atoms with Crippen molar-refractivity contribution in [1.29, 1.82) is 0 Å². The monoisotopic (exact) mass is 425 g/mol. The molecule has 1 amide bonds. The van der Waals surface area contributed by atoms with E-state index in [1.165, 1.54) is 37.9 Å². The van der Waals surface area contributed by atoms with Crippen LogP contribution in [0.15, 0.2) is 24.3 Å². The van der Waals surface area contributed by atoms with Crippen molar-refractivity contribution in [2.45, 2.75) is 71.3 Å². The van der Waals surface area contributed by atoms with E-state index in [2.05, 4.69) is 49.9 Å². The Morgan fingerprint density at radius 1 is 1.00 bits per heavy atom. The number of benzene rings is 1. The van der Waals surface area contributed by atoms with Gasteiger partial charge in [0.1, 0.15) is 9.88 Å². The number of amides is 1. The van der Waals surface area contributed by atoms with Gasteiger partial charge >= 0.3 is 0 Å². The molecule has 5 heteroatoms. The zero-order valence-corrected chi connectivity index (χ0v) is 19.7. The first-order valence-corrected chi connectivity index (χ1v) is 12.3. The molecule has 2 aliphatic heterocycles. The van der Waals surface area contributed by atoms with Gasteiger partial charge in [-0.3, -0.25) is 4.79 Å². The van der Waals surface area contributed by atoms with Crippen molar-refractivity contribution in [1.82, 2.24) is 14.8 Å². The number of aromatic nitrogens is 1. The van der Waals surface area contributed by atoms with E-state index in [-0.39, 0.29) is 11.3 Å². The topological polar surface area (TPSA) is 36.4 Å². The van der Waals surface area contributed by atoms with Crippen LogP contribution in [0.3, 0.4) is 0 Å². The molecule has 2 saturated heterocycles. The summed E-state index contributed by atoms with van der Waals surface area (Å²) in [6.45, 7) is 12.9. The van der Waals surface area contributed by atoms with Crippen molar-refractivity contribution in [3.63, 3.8) is 0 Å². The molecule has 0 N–H and O–H groups in total. The van der Waals surface area contributed by atoms with E-state index in [0.29, 0.717) is 6.04 Å². The van der Waals surface area contributed by atoms with Crippen molar-refractivity contribution in [2.24, 2.45) is 0 Å². The third-order valence-corrected chi connectivity index (χ3v) is 7.84. The molecule has 0 spiro atoms. The van der Waals surface area contributed by atoms with Gasteiger partial charge in [-0.25, -0.2) is 4.98 Å². The highest BCUT2D eigenvalue weighted by atomic mass is 32.1. The Morgan fingerprint density at radius 2 is 1.63 bits per heavy atom. The van der Waals surface area contributed by atoms with Crippen LogP contribution in [0.5, 0.6) is 0 Å². The van der Waals surface area contributed by atoms with Crippen LogP contribution in [-0.4, -0.2) is 52.9 Å². The molecule has 2 aliphatic rings. The molecule has 0 bridgehead atoms. The van der Waals surface area contributed by atoms with E-state index in [0.717, 1.165) is 47.1 Å². The Balaban J connectivity index is 1.42. The maximum atomic E-state index is 13.2. The second-order valence-electron chi connectivity index (χ2n) is 9.88. The number of thiazole rings is 1. The first-order valence-electron chi connectivity index (χ1n) is 11.4. The molecule has 2 fully saturated rings. The molecule has 3 heterocycles. The maximum absolute atomic E-state index is 13.2. The molecule has 0 atom stereocenters. The lowest BCUT2D eigenvalue weighted by molar-refractivity contribution is 0.0593. The first kappa shape index (κ1) is 21.5. The molecule has 30 heavy (non-hydrogen) atoms. The first-order chi connectivity index (χ1) is 14.3. The molecular formula is C25H35N3OS. The molecule has 0 aliphatic carbocycles. The smallest absolute Gasteiger partial charge is 0.265 e. The minimum atomic E-state index is 0.138. The van der Waals surface area contributed by atoms with Gasteiger partial charge in [0, 0.05) is 24.7 Å². The molecule has 1 aromatic carbocycles. The van der Waals surface area contributed by atoms with Crippen LogP contribution in [-0.2, 0) is 5.41 Å².